The average molecular weight is 1030 g/mol. The summed E-state index contributed by atoms with van der Waals surface area (Å²) in [4.78, 5) is 10.7. The zero-order chi connectivity index (χ0) is 44.7. The number of phenolic OH excluding ortho intramolecular Hbond substituents is 1. The number of hydrogen-bond acceptors (Lipinski definition) is 3. The molecule has 0 fully saturated rings. The Balaban J connectivity index is 0.00000533. The van der Waals surface area contributed by atoms with Gasteiger partial charge >= 0.3 is 0 Å². The Bertz CT molecular complexity index is 3510. The van der Waals surface area contributed by atoms with E-state index in [1.807, 2.05) is 12.3 Å². The maximum Gasteiger partial charge on any atom is 0.148 e. The van der Waals surface area contributed by atoms with Gasteiger partial charge in [0, 0.05) is 49.3 Å². The Morgan fingerprint density at radius 3 is 1.68 bits per heavy atom. The predicted molar refractivity (Wildman–Crippen MR) is 270 cm³/mol. The molecule has 7 aromatic carbocycles. The summed E-state index contributed by atoms with van der Waals surface area (Å²) in [5, 5.41) is 19.4. The number of phenols is 1. The normalized spacial score (nSPS) is 12.3. The topological polar surface area (TPSA) is 50.4 Å². The number of aromatic hydroxyl groups is 1. The first-order valence-corrected chi connectivity index (χ1v) is 22.4. The number of imidazole rings is 1. The minimum absolute atomic E-state index is 0. The molecule has 10 rings (SSSR count). The van der Waals surface area contributed by atoms with Crippen LogP contribution in [0.2, 0.25) is 0 Å². The number of nitrogens with zero attached hydrogens (tertiary/aromatic N) is 3. The molecule has 0 amide bonds. The van der Waals surface area contributed by atoms with Crippen molar-refractivity contribution in [3.05, 3.63) is 181 Å². The molecule has 0 aliphatic rings. The van der Waals surface area contributed by atoms with Crippen LogP contribution in [0.5, 0.6) is 5.75 Å². The number of hydrogen-bond donors (Lipinski definition) is 1. The standard InChI is InChI=1S/C60H54N3O.Pt/c1-58(2,3)41-32-39(31-40(33-41)52-34-38(29-30-61-52)37-19-11-10-12-20-37)43-27-28-49-47-24-16-14-22-45(47)44-21-13-15-23-46(44)48-25-17-18-26-53(48)63-55(49)54(43)62-57(63)50-35-42(59(4,5)6)36-51(56(50)64)60(7,8)9;/h10-30,32-36,64H,1-9H3;/q-1;. The average Bonchev–Trinajstić information content (AvgIpc) is 3.69. The minimum Gasteiger partial charge on any atom is -0.507 e. The summed E-state index contributed by atoms with van der Waals surface area (Å²) in [5.41, 5.74) is 11.9. The maximum absolute atomic E-state index is 12.7. The molecule has 4 nitrogen and oxygen atoms in total. The molecule has 0 radical (unpaired) electrons. The molecule has 5 heteroatoms. The van der Waals surface area contributed by atoms with Crippen LogP contribution in [0.4, 0.5) is 0 Å². The molecule has 0 aliphatic heterocycles. The number of pyridine rings is 1. The largest absolute Gasteiger partial charge is 0.507 e. The van der Waals surface area contributed by atoms with E-state index in [0.717, 1.165) is 93.5 Å². The van der Waals surface area contributed by atoms with Crippen molar-refractivity contribution in [3.8, 4) is 50.6 Å². The molecule has 0 atom stereocenters. The third-order valence-electron chi connectivity index (χ3n) is 12.9. The van der Waals surface area contributed by atoms with E-state index in [0.29, 0.717) is 11.4 Å². The SMILES string of the molecule is CC(C)(C)c1cc(-c2cc(-c3ccccc3)ccn2)[c-]c(-c2ccc3c4ccccc4c4ccccc4c4ccccc4n4c(-c5cc(C(C)(C)C)cc(C(C)(C)C)c5O)nc2c34)c1.[Pt]. The van der Waals surface area contributed by atoms with Crippen LogP contribution in [0, 0.1) is 6.07 Å². The van der Waals surface area contributed by atoms with E-state index in [4.69, 9.17) is 9.97 Å². The van der Waals surface area contributed by atoms with E-state index in [-0.39, 0.29) is 43.1 Å². The number of para-hydroxylation sites is 1. The third kappa shape index (κ3) is 7.76. The summed E-state index contributed by atoms with van der Waals surface area (Å²) >= 11 is 0. The summed E-state index contributed by atoms with van der Waals surface area (Å²) in [7, 11) is 0. The molecule has 0 spiro atoms. The van der Waals surface area contributed by atoms with Crippen LogP contribution in [-0.2, 0) is 37.3 Å². The van der Waals surface area contributed by atoms with Crippen LogP contribution >= 0.6 is 0 Å². The van der Waals surface area contributed by atoms with E-state index in [9.17, 15) is 5.11 Å². The van der Waals surface area contributed by atoms with Gasteiger partial charge in [-0.05, 0) is 72.7 Å². The summed E-state index contributed by atoms with van der Waals surface area (Å²) in [5.74, 6) is 0.938. The summed E-state index contributed by atoms with van der Waals surface area (Å²) in [6, 6.07) is 58.1. The van der Waals surface area contributed by atoms with Crippen LogP contribution in [0.1, 0.15) is 79.0 Å². The molecule has 0 saturated carbocycles. The summed E-state index contributed by atoms with van der Waals surface area (Å²) in [6.45, 7) is 20.0. The zero-order valence-corrected chi connectivity index (χ0v) is 40.9. The fraction of sp³-hybridized carbons (Fsp3) is 0.200. The maximum atomic E-state index is 12.7. The van der Waals surface area contributed by atoms with Crippen molar-refractivity contribution >= 4 is 48.9 Å². The smallest absolute Gasteiger partial charge is 0.148 e. The van der Waals surface area contributed by atoms with Crippen molar-refractivity contribution < 1.29 is 26.2 Å². The zero-order valence-electron chi connectivity index (χ0n) is 38.6. The molecule has 65 heavy (non-hydrogen) atoms. The van der Waals surface area contributed by atoms with Crippen molar-refractivity contribution in [2.75, 3.05) is 0 Å². The van der Waals surface area contributed by atoms with Crippen molar-refractivity contribution in [2.45, 2.75) is 78.6 Å². The van der Waals surface area contributed by atoms with Gasteiger partial charge in [-0.3, -0.25) is 9.38 Å². The van der Waals surface area contributed by atoms with Crippen LogP contribution in [0.15, 0.2) is 158 Å². The Kier molecular flexibility index (Phi) is 11.0. The molecule has 3 aromatic heterocycles. The first-order valence-electron chi connectivity index (χ1n) is 22.4. The molecule has 0 bridgehead atoms. The van der Waals surface area contributed by atoms with Crippen molar-refractivity contribution in [2.24, 2.45) is 0 Å². The second kappa shape index (κ2) is 16.3. The molecule has 10 aromatic rings. The molecule has 1 N–H and O–H groups in total. The second-order valence-electron chi connectivity index (χ2n) is 20.4. The van der Waals surface area contributed by atoms with E-state index >= 15 is 0 Å². The predicted octanol–water partition coefficient (Wildman–Crippen LogP) is 16.0. The molecule has 0 saturated heterocycles. The molecule has 3 heterocycles. The molecule has 0 unspecified atom stereocenters. The van der Waals surface area contributed by atoms with Crippen LogP contribution in [0.25, 0.3) is 93.8 Å². The Hall–Kier alpha value is -6.35. The Morgan fingerprint density at radius 2 is 1.05 bits per heavy atom. The van der Waals surface area contributed by atoms with Crippen LogP contribution < -0.4 is 0 Å². The minimum atomic E-state index is -0.337. The van der Waals surface area contributed by atoms with Gasteiger partial charge in [0.2, 0.25) is 0 Å². The molecule has 326 valence electrons. The Morgan fingerprint density at radius 1 is 0.492 bits per heavy atom. The Labute approximate surface area is 397 Å². The monoisotopic (exact) mass is 1030 g/mol. The fourth-order valence-electron chi connectivity index (χ4n) is 9.32. The first kappa shape index (κ1) is 43.9. The van der Waals surface area contributed by atoms with Gasteiger partial charge in [0.1, 0.15) is 11.6 Å². The van der Waals surface area contributed by atoms with Gasteiger partial charge in [-0.2, -0.15) is 0 Å². The van der Waals surface area contributed by atoms with Gasteiger partial charge < -0.3 is 5.11 Å². The summed E-state index contributed by atoms with van der Waals surface area (Å²) < 4.78 is 2.33. The fourth-order valence-corrected chi connectivity index (χ4v) is 9.32. The quantitative estimate of drug-likeness (QED) is 0.179. The van der Waals surface area contributed by atoms with E-state index in [1.54, 1.807) is 0 Å². The molecular weight excluding hydrogens is 974 g/mol. The van der Waals surface area contributed by atoms with Gasteiger partial charge in [-0.25, -0.2) is 4.98 Å². The molecule has 0 aliphatic carbocycles. The van der Waals surface area contributed by atoms with E-state index in [2.05, 4.69) is 218 Å². The second-order valence-corrected chi connectivity index (χ2v) is 20.4. The van der Waals surface area contributed by atoms with Crippen molar-refractivity contribution in [1.29, 1.82) is 0 Å². The van der Waals surface area contributed by atoms with Gasteiger partial charge in [-0.15, -0.1) is 29.3 Å². The third-order valence-corrected chi connectivity index (χ3v) is 12.9. The number of benzene rings is 7. The number of fused-ring (bicyclic) bond motifs is 7. The first-order chi connectivity index (χ1) is 30.6. The van der Waals surface area contributed by atoms with Crippen molar-refractivity contribution in [1.82, 2.24) is 14.4 Å². The van der Waals surface area contributed by atoms with Crippen LogP contribution in [0.3, 0.4) is 0 Å². The van der Waals surface area contributed by atoms with E-state index in [1.165, 1.54) is 5.56 Å². The number of aromatic nitrogens is 3. The van der Waals surface area contributed by atoms with Gasteiger partial charge in [0.25, 0.3) is 0 Å². The van der Waals surface area contributed by atoms with Gasteiger partial charge in [-0.1, -0.05) is 195 Å². The summed E-state index contributed by atoms with van der Waals surface area (Å²) in [6.07, 6.45) is 1.90. The molecular formula is C60H54N3OPt-. The number of rotatable bonds is 4. The van der Waals surface area contributed by atoms with Gasteiger partial charge in [0.15, 0.2) is 0 Å². The van der Waals surface area contributed by atoms with Crippen molar-refractivity contribution in [3.63, 3.8) is 0 Å². The van der Waals surface area contributed by atoms with E-state index < -0.39 is 0 Å². The van der Waals surface area contributed by atoms with Gasteiger partial charge in [0.05, 0.1) is 22.1 Å². The van der Waals surface area contributed by atoms with Crippen LogP contribution in [-0.4, -0.2) is 19.5 Å².